The Bertz CT molecular complexity index is 531. The lowest BCUT2D eigenvalue weighted by Gasteiger charge is -2.11. The first-order chi connectivity index (χ1) is 9.61. The smallest absolute Gasteiger partial charge is 0.417 e. The van der Waals surface area contributed by atoms with E-state index in [1.807, 2.05) is 18.4 Å². The van der Waals surface area contributed by atoms with Crippen molar-refractivity contribution in [2.75, 3.05) is 26.0 Å². The molecule has 1 aromatic carbocycles. The Hall–Kier alpha value is -2.02. The number of thioether (sulfide) groups is 1. The van der Waals surface area contributed by atoms with Gasteiger partial charge in [0.15, 0.2) is 6.61 Å². The van der Waals surface area contributed by atoms with Gasteiger partial charge in [0.2, 0.25) is 0 Å². The number of ether oxygens (including phenoxy) is 1. The standard InChI is InChI=1S/C13H14N2O4S/c1-20-10-4-2-3-9(7-10)12(17)14-5-6-15-11(16)8-19-13(15)18/h2-4,7H,5-6,8H2,1H3,(H,14,17). The number of nitrogens with zero attached hydrogens (tertiary/aromatic N) is 1. The van der Waals surface area contributed by atoms with Crippen molar-refractivity contribution in [2.45, 2.75) is 4.90 Å². The summed E-state index contributed by atoms with van der Waals surface area (Å²) in [4.78, 5) is 36.4. The minimum Gasteiger partial charge on any atom is -0.439 e. The molecule has 0 bridgehead atoms. The molecule has 6 nitrogen and oxygen atoms in total. The van der Waals surface area contributed by atoms with Crippen LogP contribution in [0.25, 0.3) is 0 Å². The number of amides is 3. The quantitative estimate of drug-likeness (QED) is 0.824. The van der Waals surface area contributed by atoms with E-state index in [2.05, 4.69) is 10.1 Å². The van der Waals surface area contributed by atoms with Gasteiger partial charge in [-0.25, -0.2) is 9.69 Å². The molecule has 106 valence electrons. The Morgan fingerprint density at radius 1 is 1.45 bits per heavy atom. The second kappa shape index (κ2) is 6.42. The van der Waals surface area contributed by atoms with Crippen LogP contribution < -0.4 is 5.32 Å². The fourth-order valence-corrected chi connectivity index (χ4v) is 2.20. The third kappa shape index (κ3) is 3.30. The molecule has 1 fully saturated rings. The highest BCUT2D eigenvalue weighted by Gasteiger charge is 2.30. The lowest BCUT2D eigenvalue weighted by atomic mass is 10.2. The molecule has 3 amide bonds. The van der Waals surface area contributed by atoms with Gasteiger partial charge in [-0.3, -0.25) is 9.59 Å². The monoisotopic (exact) mass is 294 g/mol. The van der Waals surface area contributed by atoms with Crippen LogP contribution in [0.15, 0.2) is 29.2 Å². The van der Waals surface area contributed by atoms with Gasteiger partial charge in [0.25, 0.3) is 11.8 Å². The Kier molecular flexibility index (Phi) is 4.62. The predicted molar refractivity (Wildman–Crippen MR) is 73.6 cm³/mol. The first-order valence-electron chi connectivity index (χ1n) is 6.01. The van der Waals surface area contributed by atoms with Crippen molar-refractivity contribution >= 4 is 29.7 Å². The number of imide groups is 1. The van der Waals surface area contributed by atoms with Crippen LogP contribution in [0.3, 0.4) is 0 Å². The molecular formula is C13H14N2O4S. The second-order valence-electron chi connectivity index (χ2n) is 4.09. The first kappa shape index (κ1) is 14.4. The van der Waals surface area contributed by atoms with Gasteiger partial charge in [-0.1, -0.05) is 6.07 Å². The van der Waals surface area contributed by atoms with Crippen LogP contribution in [-0.2, 0) is 9.53 Å². The van der Waals surface area contributed by atoms with Gasteiger partial charge in [-0.2, -0.15) is 0 Å². The Balaban J connectivity index is 1.86. The van der Waals surface area contributed by atoms with E-state index in [1.54, 1.807) is 23.9 Å². The van der Waals surface area contributed by atoms with E-state index in [4.69, 9.17) is 0 Å². The predicted octanol–water partition coefficient (Wildman–Crippen LogP) is 1.12. The average molecular weight is 294 g/mol. The van der Waals surface area contributed by atoms with Crippen molar-refractivity contribution in [2.24, 2.45) is 0 Å². The number of cyclic esters (lactones) is 1. The summed E-state index contributed by atoms with van der Waals surface area (Å²) >= 11 is 1.55. The van der Waals surface area contributed by atoms with Gasteiger partial charge in [0.05, 0.1) is 0 Å². The van der Waals surface area contributed by atoms with E-state index in [1.165, 1.54) is 0 Å². The number of benzene rings is 1. The molecule has 1 aliphatic rings. The SMILES string of the molecule is CSc1cccc(C(=O)NCCN2C(=O)COC2=O)c1. The highest BCUT2D eigenvalue weighted by molar-refractivity contribution is 7.98. The fraction of sp³-hybridized carbons (Fsp3) is 0.308. The minimum atomic E-state index is -0.659. The van der Waals surface area contributed by atoms with Crippen LogP contribution in [0.5, 0.6) is 0 Å². The molecule has 0 spiro atoms. The minimum absolute atomic E-state index is 0.117. The summed E-state index contributed by atoms with van der Waals surface area (Å²) < 4.78 is 4.57. The van der Waals surface area contributed by atoms with Crippen molar-refractivity contribution in [1.82, 2.24) is 10.2 Å². The molecule has 0 radical (unpaired) electrons. The number of carbonyl (C=O) groups is 3. The molecule has 2 rings (SSSR count). The van der Waals surface area contributed by atoms with Crippen molar-refractivity contribution in [3.8, 4) is 0 Å². The number of hydrogen-bond acceptors (Lipinski definition) is 5. The fourth-order valence-electron chi connectivity index (χ4n) is 1.74. The van der Waals surface area contributed by atoms with Gasteiger partial charge < -0.3 is 10.1 Å². The van der Waals surface area contributed by atoms with Gasteiger partial charge in [0, 0.05) is 23.5 Å². The molecule has 0 aliphatic carbocycles. The van der Waals surface area contributed by atoms with Gasteiger partial charge in [-0.05, 0) is 24.5 Å². The normalized spacial score (nSPS) is 14.3. The van der Waals surface area contributed by atoms with E-state index >= 15 is 0 Å². The molecule has 1 aliphatic heterocycles. The maximum absolute atomic E-state index is 11.9. The van der Waals surface area contributed by atoms with Crippen molar-refractivity contribution in [3.63, 3.8) is 0 Å². The van der Waals surface area contributed by atoms with Crippen molar-refractivity contribution < 1.29 is 19.1 Å². The summed E-state index contributed by atoms with van der Waals surface area (Å²) in [5.41, 5.74) is 0.548. The van der Waals surface area contributed by atoms with Crippen molar-refractivity contribution in [1.29, 1.82) is 0 Å². The second-order valence-corrected chi connectivity index (χ2v) is 4.97. The number of carbonyl (C=O) groups excluding carboxylic acids is 3. The lowest BCUT2D eigenvalue weighted by molar-refractivity contribution is -0.125. The molecule has 20 heavy (non-hydrogen) atoms. The maximum atomic E-state index is 11.9. The summed E-state index contributed by atoms with van der Waals surface area (Å²) in [6, 6.07) is 7.22. The zero-order valence-corrected chi connectivity index (χ0v) is 11.7. The summed E-state index contributed by atoms with van der Waals surface area (Å²) in [6.07, 6.45) is 1.27. The Morgan fingerprint density at radius 2 is 2.25 bits per heavy atom. The van der Waals surface area contributed by atoms with Crippen molar-refractivity contribution in [3.05, 3.63) is 29.8 Å². The van der Waals surface area contributed by atoms with E-state index in [-0.39, 0.29) is 31.5 Å². The zero-order valence-electron chi connectivity index (χ0n) is 10.9. The third-order valence-corrected chi connectivity index (χ3v) is 3.52. The number of hydrogen-bond donors (Lipinski definition) is 1. The molecular weight excluding hydrogens is 280 g/mol. The summed E-state index contributed by atoms with van der Waals surface area (Å²) in [7, 11) is 0. The van der Waals surface area contributed by atoms with Gasteiger partial charge >= 0.3 is 6.09 Å². The largest absolute Gasteiger partial charge is 0.439 e. The van der Waals surface area contributed by atoms with E-state index in [0.717, 1.165) is 9.80 Å². The van der Waals surface area contributed by atoms with Gasteiger partial charge in [0.1, 0.15) is 0 Å². The summed E-state index contributed by atoms with van der Waals surface area (Å²) in [5, 5.41) is 2.67. The maximum Gasteiger partial charge on any atom is 0.417 e. The molecule has 1 saturated heterocycles. The molecule has 0 atom stereocenters. The average Bonchev–Trinajstić information content (AvgIpc) is 2.79. The van der Waals surface area contributed by atoms with Crippen LogP contribution in [0, 0.1) is 0 Å². The third-order valence-electron chi connectivity index (χ3n) is 2.79. The lowest BCUT2D eigenvalue weighted by Crippen LogP contribution is -2.37. The summed E-state index contributed by atoms with van der Waals surface area (Å²) in [5.74, 6) is -0.616. The first-order valence-corrected chi connectivity index (χ1v) is 7.23. The molecule has 0 unspecified atom stereocenters. The summed E-state index contributed by atoms with van der Waals surface area (Å²) in [6.45, 7) is 0.0946. The zero-order chi connectivity index (χ0) is 14.5. The Labute approximate surface area is 120 Å². The van der Waals surface area contributed by atoms with Crippen LogP contribution >= 0.6 is 11.8 Å². The highest BCUT2D eigenvalue weighted by Crippen LogP contribution is 2.15. The molecule has 1 heterocycles. The van der Waals surface area contributed by atoms with Crippen LogP contribution in [0.1, 0.15) is 10.4 Å². The van der Waals surface area contributed by atoms with Crippen LogP contribution in [-0.4, -0.2) is 48.8 Å². The number of rotatable bonds is 5. The van der Waals surface area contributed by atoms with Crippen LogP contribution in [0.2, 0.25) is 0 Å². The molecule has 1 aromatic rings. The number of nitrogens with one attached hydrogen (secondary N) is 1. The topological polar surface area (TPSA) is 75.7 Å². The van der Waals surface area contributed by atoms with E-state index in [0.29, 0.717) is 5.56 Å². The van der Waals surface area contributed by atoms with E-state index in [9.17, 15) is 14.4 Å². The molecule has 1 N–H and O–H groups in total. The molecule has 0 saturated carbocycles. The molecule has 7 heteroatoms. The van der Waals surface area contributed by atoms with Gasteiger partial charge in [-0.15, -0.1) is 11.8 Å². The molecule has 0 aromatic heterocycles. The highest BCUT2D eigenvalue weighted by atomic mass is 32.2. The van der Waals surface area contributed by atoms with E-state index < -0.39 is 6.09 Å². The Morgan fingerprint density at radius 3 is 2.90 bits per heavy atom. The van der Waals surface area contributed by atoms with Crippen LogP contribution in [0.4, 0.5) is 4.79 Å².